The van der Waals surface area contributed by atoms with E-state index in [4.69, 9.17) is 4.74 Å². The molecule has 2 aromatic rings. The average Bonchev–Trinajstić information content (AvgIpc) is 2.78. The first-order chi connectivity index (χ1) is 15.3. The monoisotopic (exact) mass is 441 g/mol. The molecule has 0 bridgehead atoms. The molecule has 3 rings (SSSR count). The predicted octanol–water partition coefficient (Wildman–Crippen LogP) is 3.94. The van der Waals surface area contributed by atoms with Crippen LogP contribution in [0.5, 0.6) is 0 Å². The molecule has 1 fully saturated rings. The lowest BCUT2D eigenvalue weighted by Gasteiger charge is -2.34. The topological polar surface area (TPSA) is 79.0 Å². The van der Waals surface area contributed by atoms with Crippen LogP contribution in [0.1, 0.15) is 40.1 Å². The van der Waals surface area contributed by atoms with Gasteiger partial charge in [-0.05, 0) is 42.7 Å². The number of nitrogens with zero attached hydrogens (tertiary/aromatic N) is 2. The fraction of sp³-hybridized carbons (Fsp3) is 0.375. The van der Waals surface area contributed by atoms with Crippen LogP contribution in [0.2, 0.25) is 0 Å². The SMILES string of the molecule is Cc1ccc(C(=O)N2CCN(C(=O)OCC(C)C)CC2)cc1NC(=O)c1ccccc1F. The Labute approximate surface area is 187 Å². The highest BCUT2D eigenvalue weighted by Crippen LogP contribution is 2.20. The molecular weight excluding hydrogens is 413 g/mol. The number of anilines is 1. The second kappa shape index (κ2) is 10.3. The maximum absolute atomic E-state index is 13.9. The summed E-state index contributed by atoms with van der Waals surface area (Å²) in [6, 6.07) is 10.8. The normalized spacial score (nSPS) is 13.8. The molecule has 1 N–H and O–H groups in total. The van der Waals surface area contributed by atoms with Crippen LogP contribution >= 0.6 is 0 Å². The molecule has 3 amide bonds. The van der Waals surface area contributed by atoms with Crippen molar-refractivity contribution in [2.24, 2.45) is 5.92 Å². The summed E-state index contributed by atoms with van der Waals surface area (Å²) in [5.41, 5.74) is 1.54. The molecule has 1 aliphatic rings. The van der Waals surface area contributed by atoms with Crippen LogP contribution in [-0.4, -0.2) is 60.5 Å². The van der Waals surface area contributed by atoms with Gasteiger partial charge in [-0.25, -0.2) is 9.18 Å². The first kappa shape index (κ1) is 23.2. The third-order valence-corrected chi connectivity index (χ3v) is 5.22. The van der Waals surface area contributed by atoms with Gasteiger partial charge in [0.05, 0.1) is 12.2 Å². The molecule has 7 nitrogen and oxygen atoms in total. The van der Waals surface area contributed by atoms with E-state index in [0.717, 1.165) is 5.56 Å². The summed E-state index contributed by atoms with van der Waals surface area (Å²) >= 11 is 0. The molecule has 170 valence electrons. The molecule has 0 atom stereocenters. The predicted molar refractivity (Wildman–Crippen MR) is 119 cm³/mol. The molecule has 1 aliphatic heterocycles. The molecule has 1 heterocycles. The Morgan fingerprint density at radius 2 is 1.69 bits per heavy atom. The fourth-order valence-electron chi connectivity index (χ4n) is 3.33. The van der Waals surface area contributed by atoms with E-state index >= 15 is 0 Å². The van der Waals surface area contributed by atoms with Crippen molar-refractivity contribution >= 4 is 23.6 Å². The van der Waals surface area contributed by atoms with Crippen molar-refractivity contribution < 1.29 is 23.5 Å². The van der Waals surface area contributed by atoms with Gasteiger partial charge in [0.1, 0.15) is 5.82 Å². The highest BCUT2D eigenvalue weighted by atomic mass is 19.1. The number of nitrogens with one attached hydrogen (secondary N) is 1. The van der Waals surface area contributed by atoms with E-state index in [2.05, 4.69) is 5.32 Å². The smallest absolute Gasteiger partial charge is 0.409 e. The molecule has 0 saturated carbocycles. The Hall–Kier alpha value is -3.42. The van der Waals surface area contributed by atoms with Crippen molar-refractivity contribution in [2.75, 3.05) is 38.1 Å². The Balaban J connectivity index is 1.64. The quantitative estimate of drug-likeness (QED) is 0.762. The molecule has 2 aromatic carbocycles. The van der Waals surface area contributed by atoms with Crippen molar-refractivity contribution in [3.63, 3.8) is 0 Å². The Morgan fingerprint density at radius 3 is 2.34 bits per heavy atom. The van der Waals surface area contributed by atoms with Crippen molar-refractivity contribution in [3.05, 3.63) is 65.0 Å². The number of halogens is 1. The van der Waals surface area contributed by atoms with Gasteiger partial charge in [-0.3, -0.25) is 9.59 Å². The first-order valence-corrected chi connectivity index (χ1v) is 10.6. The molecule has 0 radical (unpaired) electrons. The molecule has 1 saturated heterocycles. The van der Waals surface area contributed by atoms with Crippen molar-refractivity contribution in [2.45, 2.75) is 20.8 Å². The van der Waals surface area contributed by atoms with Crippen LogP contribution in [0.4, 0.5) is 14.9 Å². The number of carbonyl (C=O) groups excluding carboxylic acids is 3. The van der Waals surface area contributed by atoms with Gasteiger partial charge in [0, 0.05) is 37.4 Å². The third kappa shape index (κ3) is 5.63. The van der Waals surface area contributed by atoms with Crippen LogP contribution in [0.25, 0.3) is 0 Å². The van der Waals surface area contributed by atoms with E-state index in [-0.39, 0.29) is 23.5 Å². The number of carbonyl (C=O) groups is 3. The molecule has 0 aromatic heterocycles. The van der Waals surface area contributed by atoms with E-state index in [0.29, 0.717) is 44.0 Å². The number of piperazine rings is 1. The first-order valence-electron chi connectivity index (χ1n) is 10.6. The molecule has 32 heavy (non-hydrogen) atoms. The summed E-state index contributed by atoms with van der Waals surface area (Å²) < 4.78 is 19.2. The summed E-state index contributed by atoms with van der Waals surface area (Å²) in [7, 11) is 0. The summed E-state index contributed by atoms with van der Waals surface area (Å²) in [5, 5.41) is 2.69. The number of hydrogen-bond donors (Lipinski definition) is 1. The van der Waals surface area contributed by atoms with Gasteiger partial charge in [-0.2, -0.15) is 0 Å². The highest BCUT2D eigenvalue weighted by molar-refractivity contribution is 6.05. The van der Waals surface area contributed by atoms with Crippen LogP contribution in [-0.2, 0) is 4.74 Å². The fourth-order valence-corrected chi connectivity index (χ4v) is 3.33. The summed E-state index contributed by atoms with van der Waals surface area (Å²) in [4.78, 5) is 40.8. The Bertz CT molecular complexity index is 1000. The van der Waals surface area contributed by atoms with Crippen LogP contribution in [0.3, 0.4) is 0 Å². The van der Waals surface area contributed by atoms with Crippen LogP contribution in [0.15, 0.2) is 42.5 Å². The van der Waals surface area contributed by atoms with Gasteiger partial charge < -0.3 is 19.9 Å². The second-order valence-electron chi connectivity index (χ2n) is 8.21. The molecular formula is C24H28FN3O4. The van der Waals surface area contributed by atoms with Gasteiger partial charge in [0.25, 0.3) is 11.8 Å². The van der Waals surface area contributed by atoms with Crippen molar-refractivity contribution in [1.29, 1.82) is 0 Å². The zero-order valence-corrected chi connectivity index (χ0v) is 18.6. The van der Waals surface area contributed by atoms with Gasteiger partial charge >= 0.3 is 6.09 Å². The van der Waals surface area contributed by atoms with Gasteiger partial charge in [0.15, 0.2) is 0 Å². The molecule has 0 unspecified atom stereocenters. The standard InChI is InChI=1S/C24H28FN3O4/c1-16(2)15-32-24(31)28-12-10-27(11-13-28)23(30)18-9-8-17(3)21(14-18)26-22(29)19-6-4-5-7-20(19)25/h4-9,14,16H,10-13,15H2,1-3H3,(H,26,29). The summed E-state index contributed by atoms with van der Waals surface area (Å²) in [6.07, 6.45) is -0.362. The molecule has 0 spiro atoms. The second-order valence-corrected chi connectivity index (χ2v) is 8.21. The van der Waals surface area contributed by atoms with E-state index in [9.17, 15) is 18.8 Å². The van der Waals surface area contributed by atoms with Gasteiger partial charge in [0.2, 0.25) is 0 Å². The lowest BCUT2D eigenvalue weighted by atomic mass is 10.1. The van der Waals surface area contributed by atoms with Crippen molar-refractivity contribution in [1.82, 2.24) is 9.80 Å². The van der Waals surface area contributed by atoms with Crippen LogP contribution < -0.4 is 5.32 Å². The minimum atomic E-state index is -0.611. The van der Waals surface area contributed by atoms with E-state index < -0.39 is 11.7 Å². The van der Waals surface area contributed by atoms with E-state index in [1.54, 1.807) is 41.0 Å². The number of aryl methyl sites for hydroxylation is 1. The Kier molecular flexibility index (Phi) is 7.45. The average molecular weight is 442 g/mol. The largest absolute Gasteiger partial charge is 0.449 e. The summed E-state index contributed by atoms with van der Waals surface area (Å²) in [5.74, 6) is -1.12. The number of amides is 3. The van der Waals surface area contributed by atoms with E-state index in [1.807, 2.05) is 13.8 Å². The van der Waals surface area contributed by atoms with Crippen LogP contribution in [0, 0.1) is 18.7 Å². The highest BCUT2D eigenvalue weighted by Gasteiger charge is 2.26. The minimum Gasteiger partial charge on any atom is -0.449 e. The molecule has 0 aliphatic carbocycles. The number of ether oxygens (including phenoxy) is 1. The zero-order chi connectivity index (χ0) is 23.3. The number of hydrogen-bond acceptors (Lipinski definition) is 4. The Morgan fingerprint density at radius 1 is 1.03 bits per heavy atom. The van der Waals surface area contributed by atoms with Gasteiger partial charge in [-0.1, -0.05) is 32.0 Å². The lowest BCUT2D eigenvalue weighted by Crippen LogP contribution is -2.50. The number of rotatable bonds is 5. The summed E-state index contributed by atoms with van der Waals surface area (Å²) in [6.45, 7) is 7.67. The minimum absolute atomic E-state index is 0.0656. The van der Waals surface area contributed by atoms with Crippen molar-refractivity contribution in [3.8, 4) is 0 Å². The maximum Gasteiger partial charge on any atom is 0.409 e. The number of benzene rings is 2. The maximum atomic E-state index is 13.9. The lowest BCUT2D eigenvalue weighted by molar-refractivity contribution is 0.0535. The molecule has 8 heteroatoms. The zero-order valence-electron chi connectivity index (χ0n) is 18.6. The van der Waals surface area contributed by atoms with E-state index in [1.165, 1.54) is 18.2 Å². The van der Waals surface area contributed by atoms with Gasteiger partial charge in [-0.15, -0.1) is 0 Å². The third-order valence-electron chi connectivity index (χ3n) is 5.22.